The lowest BCUT2D eigenvalue weighted by molar-refractivity contribution is 0.620. The van der Waals surface area contributed by atoms with Crippen LogP contribution in [0.15, 0.2) is 30.7 Å². The van der Waals surface area contributed by atoms with Crippen molar-refractivity contribution in [2.45, 2.75) is 0 Å². The van der Waals surface area contributed by atoms with Gasteiger partial charge in [0.1, 0.15) is 0 Å². The van der Waals surface area contributed by atoms with E-state index in [9.17, 15) is 0 Å². The molecule has 0 atom stereocenters. The number of aromatic nitrogens is 1. The fraction of sp³-hybridized carbons (Fsp3) is 0. The van der Waals surface area contributed by atoms with E-state index in [0.29, 0.717) is 0 Å². The standard InChI is InChI=1S/C7H8N4/c1-2-6(4-8-3-1)7-5-9-11-10-7/h1-5,9-11H. The molecule has 0 unspecified atom stereocenters. The Hall–Kier alpha value is -1.55. The highest BCUT2D eigenvalue weighted by atomic mass is 15.6. The minimum absolute atomic E-state index is 0.998. The van der Waals surface area contributed by atoms with Gasteiger partial charge >= 0.3 is 0 Å². The number of hydrogen-bond acceptors (Lipinski definition) is 4. The van der Waals surface area contributed by atoms with Crippen LogP contribution in [0.4, 0.5) is 0 Å². The quantitative estimate of drug-likeness (QED) is 0.524. The fourth-order valence-electron chi connectivity index (χ4n) is 0.925. The van der Waals surface area contributed by atoms with Crippen molar-refractivity contribution in [1.29, 1.82) is 0 Å². The molecule has 4 heteroatoms. The molecular weight excluding hydrogens is 140 g/mol. The molecule has 3 N–H and O–H groups in total. The first-order chi connectivity index (χ1) is 5.47. The van der Waals surface area contributed by atoms with Gasteiger partial charge in [0.2, 0.25) is 0 Å². The molecule has 2 heterocycles. The molecule has 11 heavy (non-hydrogen) atoms. The Labute approximate surface area is 64.3 Å². The van der Waals surface area contributed by atoms with E-state index in [-0.39, 0.29) is 0 Å². The van der Waals surface area contributed by atoms with Crippen LogP contribution in [-0.4, -0.2) is 4.98 Å². The second-order valence-electron chi connectivity index (χ2n) is 2.19. The second kappa shape index (κ2) is 2.59. The average Bonchev–Trinajstić information content (AvgIpc) is 2.58. The van der Waals surface area contributed by atoms with E-state index in [4.69, 9.17) is 0 Å². The maximum Gasteiger partial charge on any atom is 0.0764 e. The van der Waals surface area contributed by atoms with Crippen molar-refractivity contribution in [3.8, 4) is 0 Å². The molecule has 2 rings (SSSR count). The average molecular weight is 148 g/mol. The van der Waals surface area contributed by atoms with Gasteiger partial charge in [0.05, 0.1) is 5.70 Å². The first kappa shape index (κ1) is 6.18. The molecule has 56 valence electrons. The van der Waals surface area contributed by atoms with Crippen LogP contribution in [0.2, 0.25) is 0 Å². The molecule has 1 aliphatic heterocycles. The maximum atomic E-state index is 3.99. The Morgan fingerprint density at radius 3 is 3.00 bits per heavy atom. The van der Waals surface area contributed by atoms with Crippen LogP contribution in [0.3, 0.4) is 0 Å². The number of hydrogen-bond donors (Lipinski definition) is 3. The van der Waals surface area contributed by atoms with Gasteiger partial charge in [0.25, 0.3) is 0 Å². The summed E-state index contributed by atoms with van der Waals surface area (Å²) >= 11 is 0. The molecule has 0 saturated heterocycles. The third-order valence-electron chi connectivity index (χ3n) is 1.46. The summed E-state index contributed by atoms with van der Waals surface area (Å²) < 4.78 is 0. The van der Waals surface area contributed by atoms with Crippen molar-refractivity contribution < 1.29 is 0 Å². The normalized spacial score (nSPS) is 15.1. The Bertz CT molecular complexity index is 267. The van der Waals surface area contributed by atoms with Gasteiger partial charge < -0.3 is 10.9 Å². The molecular formula is C7H8N4. The Kier molecular flexibility index (Phi) is 1.46. The summed E-state index contributed by atoms with van der Waals surface area (Å²) in [5.74, 6) is 0. The third-order valence-corrected chi connectivity index (χ3v) is 1.46. The first-order valence-corrected chi connectivity index (χ1v) is 3.34. The maximum absolute atomic E-state index is 3.99. The van der Waals surface area contributed by atoms with Gasteiger partial charge in [-0.25, -0.2) is 0 Å². The number of pyridine rings is 1. The van der Waals surface area contributed by atoms with Crippen LogP contribution < -0.4 is 16.4 Å². The molecule has 0 aromatic carbocycles. The number of nitrogens with one attached hydrogen (secondary N) is 3. The summed E-state index contributed by atoms with van der Waals surface area (Å²) in [6, 6.07) is 3.89. The number of rotatable bonds is 1. The minimum Gasteiger partial charge on any atom is -0.309 e. The van der Waals surface area contributed by atoms with Crippen LogP contribution in [0.5, 0.6) is 0 Å². The predicted molar refractivity (Wildman–Crippen MR) is 41.6 cm³/mol. The van der Waals surface area contributed by atoms with Crippen molar-refractivity contribution in [2.24, 2.45) is 0 Å². The number of hydrazine groups is 2. The lowest BCUT2D eigenvalue weighted by Gasteiger charge is -2.00. The van der Waals surface area contributed by atoms with Gasteiger partial charge in [-0.3, -0.25) is 4.98 Å². The number of nitrogens with zero attached hydrogens (tertiary/aromatic N) is 1. The van der Waals surface area contributed by atoms with Crippen LogP contribution in [0.25, 0.3) is 5.70 Å². The molecule has 0 fully saturated rings. The SMILES string of the molecule is C1=C(c2cccnc2)NNN1. The summed E-state index contributed by atoms with van der Waals surface area (Å²) in [7, 11) is 0. The van der Waals surface area contributed by atoms with Gasteiger partial charge in [-0.05, 0) is 12.1 Å². The zero-order chi connectivity index (χ0) is 7.52. The van der Waals surface area contributed by atoms with E-state index in [1.54, 1.807) is 12.4 Å². The lowest BCUT2D eigenvalue weighted by atomic mass is 10.2. The van der Waals surface area contributed by atoms with Crippen molar-refractivity contribution in [2.75, 3.05) is 0 Å². The van der Waals surface area contributed by atoms with Crippen molar-refractivity contribution in [1.82, 2.24) is 21.4 Å². The zero-order valence-electron chi connectivity index (χ0n) is 5.83. The molecule has 0 bridgehead atoms. The Balaban J connectivity index is 2.29. The topological polar surface area (TPSA) is 49.0 Å². The molecule has 0 saturated carbocycles. The monoisotopic (exact) mass is 148 g/mol. The second-order valence-corrected chi connectivity index (χ2v) is 2.19. The van der Waals surface area contributed by atoms with Crippen molar-refractivity contribution in [3.63, 3.8) is 0 Å². The van der Waals surface area contributed by atoms with E-state index in [0.717, 1.165) is 11.3 Å². The summed E-state index contributed by atoms with van der Waals surface area (Å²) in [5.41, 5.74) is 10.6. The van der Waals surface area contributed by atoms with Crippen LogP contribution in [0, 0.1) is 0 Å². The molecule has 0 spiro atoms. The lowest BCUT2D eigenvalue weighted by Crippen LogP contribution is -2.31. The Morgan fingerprint density at radius 1 is 1.36 bits per heavy atom. The van der Waals surface area contributed by atoms with Gasteiger partial charge in [-0.15, -0.1) is 0 Å². The van der Waals surface area contributed by atoms with Crippen molar-refractivity contribution >= 4 is 5.70 Å². The fourth-order valence-corrected chi connectivity index (χ4v) is 0.925. The Morgan fingerprint density at radius 2 is 2.36 bits per heavy atom. The van der Waals surface area contributed by atoms with Gasteiger partial charge in [0.15, 0.2) is 0 Å². The van der Waals surface area contributed by atoms with E-state index >= 15 is 0 Å². The molecule has 1 aliphatic rings. The molecule has 0 aliphatic carbocycles. The third kappa shape index (κ3) is 1.15. The molecule has 0 amide bonds. The minimum atomic E-state index is 0.998. The predicted octanol–water partition coefficient (Wildman–Crippen LogP) is -0.00760. The highest BCUT2D eigenvalue weighted by Crippen LogP contribution is 2.08. The van der Waals surface area contributed by atoms with Gasteiger partial charge in [-0.2, -0.15) is 5.53 Å². The van der Waals surface area contributed by atoms with Crippen molar-refractivity contribution in [3.05, 3.63) is 36.3 Å². The first-order valence-electron chi connectivity index (χ1n) is 3.34. The molecule has 1 aromatic heterocycles. The van der Waals surface area contributed by atoms with Crippen LogP contribution >= 0.6 is 0 Å². The molecule has 1 aromatic rings. The summed E-state index contributed by atoms with van der Waals surface area (Å²) in [5, 5.41) is 0. The van der Waals surface area contributed by atoms with E-state index in [2.05, 4.69) is 21.4 Å². The summed E-state index contributed by atoms with van der Waals surface area (Å²) in [4.78, 5) is 3.99. The highest BCUT2D eigenvalue weighted by Gasteiger charge is 2.03. The van der Waals surface area contributed by atoms with E-state index in [1.165, 1.54) is 0 Å². The van der Waals surface area contributed by atoms with Crippen LogP contribution in [0.1, 0.15) is 5.56 Å². The largest absolute Gasteiger partial charge is 0.309 e. The molecule has 4 nitrogen and oxygen atoms in total. The smallest absolute Gasteiger partial charge is 0.0764 e. The van der Waals surface area contributed by atoms with E-state index in [1.807, 2.05) is 18.3 Å². The van der Waals surface area contributed by atoms with E-state index < -0.39 is 0 Å². The summed E-state index contributed by atoms with van der Waals surface area (Å²) in [6.45, 7) is 0. The van der Waals surface area contributed by atoms with Gasteiger partial charge in [-0.1, -0.05) is 0 Å². The highest BCUT2D eigenvalue weighted by molar-refractivity contribution is 5.63. The summed E-state index contributed by atoms with van der Waals surface area (Å²) in [6.07, 6.45) is 5.39. The van der Waals surface area contributed by atoms with Gasteiger partial charge in [0, 0.05) is 24.2 Å². The molecule has 0 radical (unpaired) electrons. The van der Waals surface area contributed by atoms with Crippen LogP contribution in [-0.2, 0) is 0 Å². The zero-order valence-corrected chi connectivity index (χ0v) is 5.83.